The number of ether oxygens (including phenoxy) is 1. The van der Waals surface area contributed by atoms with Gasteiger partial charge in [0.1, 0.15) is 5.75 Å². The van der Waals surface area contributed by atoms with Crippen molar-refractivity contribution in [2.75, 3.05) is 0 Å². The molecule has 1 saturated carbocycles. The number of thioether (sulfide) groups is 1. The summed E-state index contributed by atoms with van der Waals surface area (Å²) in [4.78, 5) is 1.10. The van der Waals surface area contributed by atoms with Gasteiger partial charge in [-0.25, -0.2) is 0 Å². The predicted octanol–water partition coefficient (Wildman–Crippen LogP) is 4.03. The van der Waals surface area contributed by atoms with Crippen molar-refractivity contribution in [2.24, 2.45) is 5.73 Å². The molecule has 1 heterocycles. The zero-order valence-corrected chi connectivity index (χ0v) is 12.0. The van der Waals surface area contributed by atoms with E-state index in [1.54, 1.807) is 11.8 Å². The molecule has 0 saturated heterocycles. The van der Waals surface area contributed by atoms with Crippen LogP contribution in [0.1, 0.15) is 51.5 Å². The van der Waals surface area contributed by atoms with Crippen LogP contribution < -0.4 is 10.5 Å². The summed E-state index contributed by atoms with van der Waals surface area (Å²) in [5, 5.41) is 0. The van der Waals surface area contributed by atoms with Gasteiger partial charge in [-0.05, 0) is 44.4 Å². The minimum atomic E-state index is -0.144. The molecule has 0 atom stereocenters. The highest BCUT2D eigenvalue weighted by atomic mass is 32.2. The Labute approximate surface area is 113 Å². The Balaban J connectivity index is 1.92. The number of hydrogen-bond acceptors (Lipinski definition) is 3. The minimum Gasteiger partial charge on any atom is -0.476 e. The number of nitrogens with two attached hydrogens (primary N) is 1. The van der Waals surface area contributed by atoms with Crippen LogP contribution in [0.25, 0.3) is 0 Å². The van der Waals surface area contributed by atoms with Crippen molar-refractivity contribution in [2.45, 2.75) is 61.3 Å². The van der Waals surface area contributed by atoms with Crippen LogP contribution in [-0.2, 0) is 5.54 Å². The van der Waals surface area contributed by atoms with Crippen LogP contribution >= 0.6 is 11.8 Å². The Kier molecular flexibility index (Phi) is 2.87. The van der Waals surface area contributed by atoms with Crippen LogP contribution in [0.3, 0.4) is 0 Å². The van der Waals surface area contributed by atoms with E-state index in [1.165, 1.54) is 29.7 Å². The van der Waals surface area contributed by atoms with Gasteiger partial charge in [0.2, 0.25) is 0 Å². The normalized spacial score (nSPS) is 24.4. The van der Waals surface area contributed by atoms with Gasteiger partial charge in [0.15, 0.2) is 4.93 Å². The number of hydrogen-bond donors (Lipinski definition) is 1. The molecule has 1 aliphatic carbocycles. The Bertz CT molecular complexity index is 464. The first-order valence-electron chi connectivity index (χ1n) is 6.80. The van der Waals surface area contributed by atoms with E-state index >= 15 is 0 Å². The maximum absolute atomic E-state index is 6.58. The van der Waals surface area contributed by atoms with Gasteiger partial charge in [-0.15, -0.1) is 0 Å². The SMILES string of the molecule is CC1(C)Oc2cc(C3(N)CCCCC3)ccc2S1. The second-order valence-electron chi connectivity index (χ2n) is 5.98. The largest absolute Gasteiger partial charge is 0.476 e. The number of benzene rings is 1. The Morgan fingerprint density at radius 2 is 1.89 bits per heavy atom. The summed E-state index contributed by atoms with van der Waals surface area (Å²) in [5.74, 6) is 1.01. The Morgan fingerprint density at radius 3 is 2.61 bits per heavy atom. The lowest BCUT2D eigenvalue weighted by Crippen LogP contribution is -2.38. The molecule has 1 aromatic carbocycles. The van der Waals surface area contributed by atoms with E-state index in [-0.39, 0.29) is 10.5 Å². The molecule has 3 rings (SSSR count). The minimum absolute atomic E-state index is 0.131. The second kappa shape index (κ2) is 4.17. The standard InChI is InChI=1S/C15H21NOS/c1-14(2)17-12-10-11(6-7-13(12)18-14)15(16)8-4-3-5-9-15/h6-7,10H,3-5,8-9,16H2,1-2H3. The van der Waals surface area contributed by atoms with Crippen LogP contribution in [-0.4, -0.2) is 4.93 Å². The maximum Gasteiger partial charge on any atom is 0.153 e. The number of rotatable bonds is 1. The monoisotopic (exact) mass is 263 g/mol. The van der Waals surface area contributed by atoms with Crippen molar-refractivity contribution in [3.8, 4) is 5.75 Å². The first-order valence-corrected chi connectivity index (χ1v) is 7.62. The highest BCUT2D eigenvalue weighted by Crippen LogP contribution is 2.48. The van der Waals surface area contributed by atoms with Crippen molar-refractivity contribution in [1.82, 2.24) is 0 Å². The average Bonchev–Trinajstić information content (AvgIpc) is 2.62. The van der Waals surface area contributed by atoms with Gasteiger partial charge in [-0.1, -0.05) is 37.1 Å². The molecule has 0 amide bonds. The van der Waals surface area contributed by atoms with Gasteiger partial charge in [0.05, 0.1) is 4.90 Å². The average molecular weight is 263 g/mol. The van der Waals surface area contributed by atoms with Crippen LogP contribution in [0, 0.1) is 0 Å². The fraction of sp³-hybridized carbons (Fsp3) is 0.600. The molecule has 2 N–H and O–H groups in total. The third-order valence-electron chi connectivity index (χ3n) is 3.98. The summed E-state index contributed by atoms with van der Waals surface area (Å²) in [6.45, 7) is 4.21. The van der Waals surface area contributed by atoms with Crippen LogP contribution in [0.15, 0.2) is 23.1 Å². The van der Waals surface area contributed by atoms with Gasteiger partial charge < -0.3 is 10.5 Å². The van der Waals surface area contributed by atoms with Gasteiger partial charge in [0, 0.05) is 5.54 Å². The first kappa shape index (κ1) is 12.4. The summed E-state index contributed by atoms with van der Waals surface area (Å²) in [5.41, 5.74) is 7.70. The summed E-state index contributed by atoms with van der Waals surface area (Å²) >= 11 is 1.78. The smallest absolute Gasteiger partial charge is 0.153 e. The molecular weight excluding hydrogens is 242 g/mol. The molecule has 0 unspecified atom stereocenters. The molecule has 18 heavy (non-hydrogen) atoms. The van der Waals surface area contributed by atoms with E-state index < -0.39 is 0 Å². The number of fused-ring (bicyclic) bond motifs is 1. The van der Waals surface area contributed by atoms with Crippen LogP contribution in [0.5, 0.6) is 5.75 Å². The zero-order valence-electron chi connectivity index (χ0n) is 11.2. The lowest BCUT2D eigenvalue weighted by Gasteiger charge is -2.34. The van der Waals surface area contributed by atoms with Crippen molar-refractivity contribution in [1.29, 1.82) is 0 Å². The van der Waals surface area contributed by atoms with Crippen LogP contribution in [0.4, 0.5) is 0 Å². The molecule has 98 valence electrons. The van der Waals surface area contributed by atoms with E-state index in [2.05, 4.69) is 32.0 Å². The lowest BCUT2D eigenvalue weighted by molar-refractivity contribution is 0.213. The third kappa shape index (κ3) is 2.14. The van der Waals surface area contributed by atoms with E-state index in [0.717, 1.165) is 18.6 Å². The quantitative estimate of drug-likeness (QED) is 0.831. The van der Waals surface area contributed by atoms with Crippen molar-refractivity contribution in [3.05, 3.63) is 23.8 Å². The third-order valence-corrected chi connectivity index (χ3v) is 5.11. The van der Waals surface area contributed by atoms with Gasteiger partial charge >= 0.3 is 0 Å². The lowest BCUT2D eigenvalue weighted by atomic mass is 9.77. The van der Waals surface area contributed by atoms with Crippen molar-refractivity contribution >= 4 is 11.8 Å². The molecule has 2 aliphatic rings. The molecule has 1 aromatic rings. The Morgan fingerprint density at radius 1 is 1.17 bits per heavy atom. The van der Waals surface area contributed by atoms with Crippen LogP contribution in [0.2, 0.25) is 0 Å². The Hall–Kier alpha value is -0.670. The van der Waals surface area contributed by atoms with Gasteiger partial charge in [-0.2, -0.15) is 0 Å². The molecule has 1 aliphatic heterocycles. The highest BCUT2D eigenvalue weighted by molar-refractivity contribution is 8.00. The fourth-order valence-electron chi connectivity index (χ4n) is 3.00. The van der Waals surface area contributed by atoms with E-state index in [4.69, 9.17) is 10.5 Å². The van der Waals surface area contributed by atoms with Gasteiger partial charge in [-0.3, -0.25) is 0 Å². The summed E-state index contributed by atoms with van der Waals surface area (Å²) in [7, 11) is 0. The van der Waals surface area contributed by atoms with Crippen molar-refractivity contribution < 1.29 is 4.74 Å². The highest BCUT2D eigenvalue weighted by Gasteiger charge is 2.34. The molecule has 0 bridgehead atoms. The van der Waals surface area contributed by atoms with Crippen molar-refractivity contribution in [3.63, 3.8) is 0 Å². The fourth-order valence-corrected chi connectivity index (χ4v) is 4.00. The van der Waals surface area contributed by atoms with E-state index in [9.17, 15) is 0 Å². The van der Waals surface area contributed by atoms with E-state index in [1.807, 2.05) is 0 Å². The first-order chi connectivity index (χ1) is 8.49. The maximum atomic E-state index is 6.58. The molecule has 2 nitrogen and oxygen atoms in total. The predicted molar refractivity (Wildman–Crippen MR) is 76.0 cm³/mol. The molecular formula is C15H21NOS. The van der Waals surface area contributed by atoms with E-state index in [0.29, 0.717) is 0 Å². The topological polar surface area (TPSA) is 35.2 Å². The summed E-state index contributed by atoms with van der Waals surface area (Å²) in [6, 6.07) is 6.54. The second-order valence-corrected chi connectivity index (χ2v) is 7.61. The molecule has 3 heteroatoms. The summed E-state index contributed by atoms with van der Waals surface area (Å²) in [6.07, 6.45) is 6.01. The zero-order chi connectivity index (χ0) is 12.8. The molecule has 0 radical (unpaired) electrons. The summed E-state index contributed by atoms with van der Waals surface area (Å²) < 4.78 is 5.98. The van der Waals surface area contributed by atoms with Gasteiger partial charge in [0.25, 0.3) is 0 Å². The molecule has 1 fully saturated rings. The molecule has 0 aromatic heterocycles. The molecule has 0 spiro atoms.